The van der Waals surface area contributed by atoms with Crippen LogP contribution >= 0.6 is 0 Å². The maximum Gasteiger partial charge on any atom is 0.00952 e. The third kappa shape index (κ3) is 4.24. The van der Waals surface area contributed by atoms with Crippen molar-refractivity contribution in [2.45, 2.75) is 89.8 Å². The van der Waals surface area contributed by atoms with Crippen molar-refractivity contribution in [1.82, 2.24) is 10.2 Å². The van der Waals surface area contributed by atoms with Crippen LogP contribution in [-0.4, -0.2) is 36.1 Å². The molecule has 0 bridgehead atoms. The number of nitrogens with zero attached hydrogens (tertiary/aromatic N) is 1. The zero-order valence-corrected chi connectivity index (χ0v) is 12.5. The summed E-state index contributed by atoms with van der Waals surface area (Å²) in [6.45, 7) is 7.29. The lowest BCUT2D eigenvalue weighted by Crippen LogP contribution is -2.42. The Bertz CT molecular complexity index is 203. The molecule has 3 aliphatic rings. The first-order valence-corrected chi connectivity index (χ1v) is 8.29. The van der Waals surface area contributed by atoms with Gasteiger partial charge in [-0.25, -0.2) is 0 Å². The zero-order chi connectivity index (χ0) is 12.8. The van der Waals surface area contributed by atoms with E-state index in [0.29, 0.717) is 0 Å². The Morgan fingerprint density at radius 2 is 1.61 bits per heavy atom. The summed E-state index contributed by atoms with van der Waals surface area (Å²) in [6.07, 6.45) is 12.9. The van der Waals surface area contributed by atoms with E-state index >= 15 is 0 Å². The van der Waals surface area contributed by atoms with Crippen LogP contribution in [0.3, 0.4) is 0 Å². The molecule has 0 aromatic rings. The van der Waals surface area contributed by atoms with Gasteiger partial charge in [0.1, 0.15) is 0 Å². The summed E-state index contributed by atoms with van der Waals surface area (Å²) in [5, 5.41) is 3.50. The largest absolute Gasteiger partial charge is 0.312 e. The number of fused-ring (bicyclic) bond motifs is 1. The molecule has 0 amide bonds. The van der Waals surface area contributed by atoms with Crippen LogP contribution in [-0.2, 0) is 0 Å². The molecule has 3 fully saturated rings. The summed E-state index contributed by atoms with van der Waals surface area (Å²) in [5.74, 6) is 0. The van der Waals surface area contributed by atoms with E-state index in [1.807, 2.05) is 0 Å². The number of rotatable bonds is 1. The van der Waals surface area contributed by atoms with Gasteiger partial charge in [-0.05, 0) is 65.0 Å². The molecule has 0 saturated carbocycles. The van der Waals surface area contributed by atoms with Crippen molar-refractivity contribution in [3.05, 3.63) is 0 Å². The van der Waals surface area contributed by atoms with Crippen molar-refractivity contribution >= 4 is 0 Å². The minimum atomic E-state index is 0.778. The molecule has 0 radical (unpaired) electrons. The van der Waals surface area contributed by atoms with Gasteiger partial charge in [0.05, 0.1) is 0 Å². The number of hydrogen-bond donors (Lipinski definition) is 1. The summed E-state index contributed by atoms with van der Waals surface area (Å²) in [6, 6.07) is 2.59. The van der Waals surface area contributed by atoms with E-state index in [4.69, 9.17) is 0 Å². The van der Waals surface area contributed by atoms with E-state index < -0.39 is 0 Å². The molecule has 0 aliphatic carbocycles. The number of hydrogen-bond acceptors (Lipinski definition) is 2. The summed E-state index contributed by atoms with van der Waals surface area (Å²) >= 11 is 0. The smallest absolute Gasteiger partial charge is 0.00952 e. The van der Waals surface area contributed by atoms with Gasteiger partial charge in [-0.1, -0.05) is 19.8 Å². The average molecular weight is 252 g/mol. The maximum absolute atomic E-state index is 3.50. The van der Waals surface area contributed by atoms with E-state index in [0.717, 1.165) is 18.1 Å². The predicted octanol–water partition coefficient (Wildman–Crippen LogP) is 3.56. The molecule has 0 aromatic heterocycles. The van der Waals surface area contributed by atoms with E-state index in [9.17, 15) is 0 Å². The van der Waals surface area contributed by atoms with Crippen LogP contribution in [0.2, 0.25) is 0 Å². The SMILES string of the molecule is C1CCN2CCCCC2C1.CCC1CCC(C)N1. The average Bonchev–Trinajstić information content (AvgIpc) is 2.86. The molecule has 0 aromatic carbocycles. The molecule has 1 N–H and O–H groups in total. The summed E-state index contributed by atoms with van der Waals surface area (Å²) in [4.78, 5) is 2.70. The third-order valence-electron chi connectivity index (χ3n) is 4.94. The zero-order valence-electron chi connectivity index (χ0n) is 12.5. The molecule has 106 valence electrons. The summed E-state index contributed by atoms with van der Waals surface area (Å²) < 4.78 is 0. The van der Waals surface area contributed by atoms with Gasteiger partial charge in [0.15, 0.2) is 0 Å². The molecule has 2 nitrogen and oxygen atoms in total. The van der Waals surface area contributed by atoms with Gasteiger partial charge in [0, 0.05) is 18.1 Å². The molecular weight excluding hydrogens is 220 g/mol. The molecule has 3 rings (SSSR count). The number of piperidine rings is 2. The Balaban J connectivity index is 0.000000138. The van der Waals surface area contributed by atoms with Gasteiger partial charge in [-0.15, -0.1) is 0 Å². The van der Waals surface area contributed by atoms with Crippen molar-refractivity contribution in [2.24, 2.45) is 0 Å². The van der Waals surface area contributed by atoms with E-state index in [1.165, 1.54) is 70.9 Å². The summed E-state index contributed by atoms with van der Waals surface area (Å²) in [7, 11) is 0. The second-order valence-corrected chi connectivity index (χ2v) is 6.43. The second kappa shape index (κ2) is 7.49. The van der Waals surface area contributed by atoms with E-state index in [2.05, 4.69) is 24.1 Å². The quantitative estimate of drug-likeness (QED) is 0.767. The van der Waals surface area contributed by atoms with Crippen molar-refractivity contribution < 1.29 is 0 Å². The molecule has 18 heavy (non-hydrogen) atoms. The molecule has 3 aliphatic heterocycles. The molecule has 2 heteroatoms. The highest BCUT2D eigenvalue weighted by Crippen LogP contribution is 2.25. The van der Waals surface area contributed by atoms with Crippen molar-refractivity contribution in [3.8, 4) is 0 Å². The highest BCUT2D eigenvalue weighted by molar-refractivity contribution is 4.80. The van der Waals surface area contributed by atoms with Crippen molar-refractivity contribution in [1.29, 1.82) is 0 Å². The Labute approximate surface area is 114 Å². The van der Waals surface area contributed by atoms with Gasteiger partial charge in [-0.3, -0.25) is 0 Å². The predicted molar refractivity (Wildman–Crippen MR) is 79.0 cm³/mol. The lowest BCUT2D eigenvalue weighted by atomic mass is 9.93. The third-order valence-corrected chi connectivity index (χ3v) is 4.94. The van der Waals surface area contributed by atoms with Crippen LogP contribution in [0, 0.1) is 0 Å². The van der Waals surface area contributed by atoms with Crippen molar-refractivity contribution in [2.75, 3.05) is 13.1 Å². The standard InChI is InChI=1S/C9H17N.C7H15N/c1-3-7-10-8-4-2-6-9(10)5-1;1-3-7-5-4-6(2)8-7/h9H,1-8H2;6-8H,3-5H2,1-2H3. The Hall–Kier alpha value is -0.0800. The molecule has 2 atom stereocenters. The highest BCUT2D eigenvalue weighted by Gasteiger charge is 2.24. The fourth-order valence-electron chi connectivity index (χ4n) is 3.72. The first-order valence-electron chi connectivity index (χ1n) is 8.29. The Kier molecular flexibility index (Phi) is 5.97. The highest BCUT2D eigenvalue weighted by atomic mass is 15.2. The topological polar surface area (TPSA) is 15.3 Å². The van der Waals surface area contributed by atoms with Crippen LogP contribution in [0.1, 0.15) is 71.6 Å². The second-order valence-electron chi connectivity index (χ2n) is 6.43. The first-order chi connectivity index (χ1) is 8.79. The molecule has 3 heterocycles. The van der Waals surface area contributed by atoms with Crippen LogP contribution in [0.25, 0.3) is 0 Å². The van der Waals surface area contributed by atoms with Crippen LogP contribution in [0.15, 0.2) is 0 Å². The van der Waals surface area contributed by atoms with Crippen molar-refractivity contribution in [3.63, 3.8) is 0 Å². The monoisotopic (exact) mass is 252 g/mol. The first kappa shape index (κ1) is 14.3. The summed E-state index contributed by atoms with van der Waals surface area (Å²) in [5.41, 5.74) is 0. The van der Waals surface area contributed by atoms with Gasteiger partial charge >= 0.3 is 0 Å². The van der Waals surface area contributed by atoms with Crippen LogP contribution in [0.5, 0.6) is 0 Å². The van der Waals surface area contributed by atoms with E-state index in [-0.39, 0.29) is 0 Å². The maximum atomic E-state index is 3.50. The van der Waals surface area contributed by atoms with Crippen LogP contribution in [0.4, 0.5) is 0 Å². The van der Waals surface area contributed by atoms with Gasteiger partial charge in [0.25, 0.3) is 0 Å². The number of nitrogens with one attached hydrogen (secondary N) is 1. The minimum absolute atomic E-state index is 0.778. The fraction of sp³-hybridized carbons (Fsp3) is 1.00. The van der Waals surface area contributed by atoms with Gasteiger partial charge < -0.3 is 10.2 Å². The molecular formula is C16H32N2. The fourth-order valence-corrected chi connectivity index (χ4v) is 3.72. The molecule has 0 spiro atoms. The Morgan fingerprint density at radius 1 is 0.944 bits per heavy atom. The molecule has 3 saturated heterocycles. The van der Waals surface area contributed by atoms with E-state index in [1.54, 1.807) is 0 Å². The normalized spacial score (nSPS) is 33.7. The molecule has 2 unspecified atom stereocenters. The lowest BCUT2D eigenvalue weighted by molar-refractivity contribution is 0.109. The van der Waals surface area contributed by atoms with Gasteiger partial charge in [-0.2, -0.15) is 0 Å². The Morgan fingerprint density at radius 3 is 2.00 bits per heavy atom. The minimum Gasteiger partial charge on any atom is -0.312 e. The van der Waals surface area contributed by atoms with Crippen LogP contribution < -0.4 is 5.32 Å². The lowest BCUT2D eigenvalue weighted by Gasteiger charge is -2.39. The van der Waals surface area contributed by atoms with Gasteiger partial charge in [0.2, 0.25) is 0 Å².